The Hall–Kier alpha value is -3.06. The Morgan fingerprint density at radius 3 is 2.96 bits per heavy atom. The van der Waals surface area contributed by atoms with Gasteiger partial charge in [-0.2, -0.15) is 0 Å². The molecule has 27 heavy (non-hydrogen) atoms. The van der Waals surface area contributed by atoms with E-state index in [0.29, 0.717) is 12.2 Å². The maximum Gasteiger partial charge on any atom is 0.411 e. The van der Waals surface area contributed by atoms with Crippen molar-refractivity contribution in [1.82, 2.24) is 4.98 Å². The molecule has 1 saturated heterocycles. The van der Waals surface area contributed by atoms with Gasteiger partial charge in [0, 0.05) is 31.5 Å². The fourth-order valence-electron chi connectivity index (χ4n) is 2.83. The summed E-state index contributed by atoms with van der Waals surface area (Å²) in [5.41, 5.74) is 2.77. The quantitative estimate of drug-likeness (QED) is 0.731. The summed E-state index contributed by atoms with van der Waals surface area (Å²) < 4.78 is 10.4. The van der Waals surface area contributed by atoms with E-state index in [1.165, 1.54) is 6.08 Å². The zero-order valence-corrected chi connectivity index (χ0v) is 15.2. The highest BCUT2D eigenvalue weighted by molar-refractivity contribution is 5.84. The number of nitrogens with zero attached hydrogens (tertiary/aromatic N) is 2. The maximum absolute atomic E-state index is 11.7. The standard InChI is InChI=1S/C20H24N4O3/c1-2-11-27-20(25)23-17-6-3-5-16(14-17)15-22-19-18(7-4-8-21-19)24-9-12-26-13-10-24/h2-8,14H,1,9-13,15H2,(H,21,22)(H,23,25). The first-order valence-electron chi connectivity index (χ1n) is 8.91. The molecule has 3 rings (SSSR count). The molecule has 7 heteroatoms. The number of carbonyl (C=O) groups is 1. The molecule has 1 aliphatic heterocycles. The number of hydrogen-bond acceptors (Lipinski definition) is 6. The van der Waals surface area contributed by atoms with Crippen LogP contribution in [0.25, 0.3) is 0 Å². The number of morpholine rings is 1. The minimum absolute atomic E-state index is 0.178. The van der Waals surface area contributed by atoms with Crippen LogP contribution in [0.4, 0.5) is 22.0 Å². The number of aromatic nitrogens is 1. The Morgan fingerprint density at radius 1 is 1.30 bits per heavy atom. The van der Waals surface area contributed by atoms with Crippen molar-refractivity contribution >= 4 is 23.3 Å². The number of ether oxygens (including phenoxy) is 2. The van der Waals surface area contributed by atoms with E-state index in [2.05, 4.69) is 33.2 Å². The average molecular weight is 368 g/mol. The van der Waals surface area contributed by atoms with Crippen molar-refractivity contribution in [2.75, 3.05) is 48.4 Å². The molecule has 1 aromatic carbocycles. The van der Waals surface area contributed by atoms with Crippen molar-refractivity contribution in [3.63, 3.8) is 0 Å². The van der Waals surface area contributed by atoms with Gasteiger partial charge >= 0.3 is 6.09 Å². The van der Waals surface area contributed by atoms with Crippen LogP contribution >= 0.6 is 0 Å². The first-order chi connectivity index (χ1) is 13.3. The number of benzene rings is 1. The summed E-state index contributed by atoms with van der Waals surface area (Å²) in [6.07, 6.45) is 2.80. The molecule has 0 atom stereocenters. The van der Waals surface area contributed by atoms with Crippen LogP contribution in [0.2, 0.25) is 0 Å². The fourth-order valence-corrected chi connectivity index (χ4v) is 2.83. The Labute approximate surface area is 159 Å². The molecule has 0 saturated carbocycles. The Balaban J connectivity index is 1.63. The van der Waals surface area contributed by atoms with Crippen molar-refractivity contribution in [2.24, 2.45) is 0 Å². The third kappa shape index (κ3) is 5.46. The molecule has 2 N–H and O–H groups in total. The first kappa shape index (κ1) is 18.7. The summed E-state index contributed by atoms with van der Waals surface area (Å²) in [6.45, 7) is 7.44. The zero-order chi connectivity index (χ0) is 18.9. The maximum atomic E-state index is 11.7. The molecule has 1 amide bonds. The molecule has 0 bridgehead atoms. The van der Waals surface area contributed by atoms with Crippen molar-refractivity contribution < 1.29 is 14.3 Å². The van der Waals surface area contributed by atoms with Gasteiger partial charge in [-0.05, 0) is 29.8 Å². The lowest BCUT2D eigenvalue weighted by Gasteiger charge is -2.30. The molecule has 142 valence electrons. The number of pyridine rings is 1. The number of anilines is 3. The highest BCUT2D eigenvalue weighted by atomic mass is 16.5. The van der Waals surface area contributed by atoms with E-state index in [1.807, 2.05) is 30.3 Å². The first-order valence-corrected chi connectivity index (χ1v) is 8.91. The van der Waals surface area contributed by atoms with E-state index in [-0.39, 0.29) is 6.61 Å². The molecule has 1 fully saturated rings. The molecule has 7 nitrogen and oxygen atoms in total. The van der Waals surface area contributed by atoms with E-state index in [4.69, 9.17) is 9.47 Å². The number of amides is 1. The number of carbonyl (C=O) groups excluding carboxylic acids is 1. The summed E-state index contributed by atoms with van der Waals surface area (Å²) >= 11 is 0. The predicted molar refractivity (Wildman–Crippen MR) is 106 cm³/mol. The minimum Gasteiger partial charge on any atom is -0.445 e. The van der Waals surface area contributed by atoms with Crippen LogP contribution in [0, 0.1) is 0 Å². The third-order valence-electron chi connectivity index (χ3n) is 4.10. The summed E-state index contributed by atoms with van der Waals surface area (Å²) in [4.78, 5) is 18.4. The fraction of sp³-hybridized carbons (Fsp3) is 0.300. The van der Waals surface area contributed by atoms with Crippen LogP contribution < -0.4 is 15.5 Å². The minimum atomic E-state index is -0.501. The monoisotopic (exact) mass is 368 g/mol. The SMILES string of the molecule is C=CCOC(=O)Nc1cccc(CNc2ncccc2N2CCOCC2)c1. The topological polar surface area (TPSA) is 75.7 Å². The second-order valence-electron chi connectivity index (χ2n) is 6.04. The molecule has 1 aromatic heterocycles. The van der Waals surface area contributed by atoms with Gasteiger partial charge in [-0.1, -0.05) is 24.8 Å². The Kier molecular flexibility index (Phi) is 6.65. The van der Waals surface area contributed by atoms with Gasteiger partial charge in [0.1, 0.15) is 12.4 Å². The van der Waals surface area contributed by atoms with Crippen LogP contribution in [0.1, 0.15) is 5.56 Å². The average Bonchev–Trinajstić information content (AvgIpc) is 2.72. The van der Waals surface area contributed by atoms with Gasteiger partial charge in [-0.25, -0.2) is 9.78 Å². The Bertz CT molecular complexity index is 775. The zero-order valence-electron chi connectivity index (χ0n) is 15.2. The van der Waals surface area contributed by atoms with Crippen molar-refractivity contribution in [3.8, 4) is 0 Å². The second kappa shape index (κ2) is 9.59. The van der Waals surface area contributed by atoms with Crippen LogP contribution in [0.15, 0.2) is 55.3 Å². The van der Waals surface area contributed by atoms with E-state index in [0.717, 1.165) is 43.4 Å². The van der Waals surface area contributed by atoms with Gasteiger partial charge in [-0.15, -0.1) is 0 Å². The van der Waals surface area contributed by atoms with E-state index in [9.17, 15) is 4.79 Å². The van der Waals surface area contributed by atoms with Crippen molar-refractivity contribution in [3.05, 3.63) is 60.8 Å². The van der Waals surface area contributed by atoms with Crippen LogP contribution in [-0.4, -0.2) is 44.0 Å². The molecular weight excluding hydrogens is 344 g/mol. The van der Waals surface area contributed by atoms with Crippen molar-refractivity contribution in [2.45, 2.75) is 6.54 Å². The molecular formula is C20H24N4O3. The molecule has 0 spiro atoms. The Morgan fingerprint density at radius 2 is 2.15 bits per heavy atom. The predicted octanol–water partition coefficient (Wildman–Crippen LogP) is 3.26. The molecule has 0 unspecified atom stereocenters. The highest BCUT2D eigenvalue weighted by Crippen LogP contribution is 2.24. The second-order valence-corrected chi connectivity index (χ2v) is 6.04. The van der Waals surface area contributed by atoms with E-state index in [1.54, 1.807) is 6.20 Å². The van der Waals surface area contributed by atoms with E-state index >= 15 is 0 Å². The lowest BCUT2D eigenvalue weighted by Crippen LogP contribution is -2.36. The summed E-state index contributed by atoms with van der Waals surface area (Å²) in [5, 5.41) is 6.09. The van der Waals surface area contributed by atoms with Gasteiger partial charge in [0.25, 0.3) is 0 Å². The normalized spacial score (nSPS) is 13.7. The lowest BCUT2D eigenvalue weighted by atomic mass is 10.2. The highest BCUT2D eigenvalue weighted by Gasteiger charge is 2.15. The third-order valence-corrected chi connectivity index (χ3v) is 4.10. The lowest BCUT2D eigenvalue weighted by molar-refractivity contribution is 0.122. The number of nitrogens with one attached hydrogen (secondary N) is 2. The molecule has 2 aromatic rings. The van der Waals surface area contributed by atoms with Gasteiger partial charge < -0.3 is 19.7 Å². The van der Waals surface area contributed by atoms with Crippen LogP contribution in [-0.2, 0) is 16.0 Å². The number of hydrogen-bond donors (Lipinski definition) is 2. The summed E-state index contributed by atoms with van der Waals surface area (Å²) in [7, 11) is 0. The summed E-state index contributed by atoms with van der Waals surface area (Å²) in [5.74, 6) is 0.836. The van der Waals surface area contributed by atoms with Gasteiger partial charge in [0.15, 0.2) is 0 Å². The van der Waals surface area contributed by atoms with Gasteiger partial charge in [0.2, 0.25) is 0 Å². The van der Waals surface area contributed by atoms with Crippen LogP contribution in [0.5, 0.6) is 0 Å². The largest absolute Gasteiger partial charge is 0.445 e. The smallest absolute Gasteiger partial charge is 0.411 e. The molecule has 0 radical (unpaired) electrons. The van der Waals surface area contributed by atoms with Gasteiger partial charge in [0.05, 0.1) is 18.9 Å². The van der Waals surface area contributed by atoms with Gasteiger partial charge in [-0.3, -0.25) is 5.32 Å². The molecule has 0 aliphatic carbocycles. The van der Waals surface area contributed by atoms with E-state index < -0.39 is 6.09 Å². The van der Waals surface area contributed by atoms with Crippen molar-refractivity contribution in [1.29, 1.82) is 0 Å². The summed E-state index contributed by atoms with van der Waals surface area (Å²) in [6, 6.07) is 11.6. The molecule has 1 aliphatic rings. The number of rotatable bonds is 7. The van der Waals surface area contributed by atoms with Crippen LogP contribution in [0.3, 0.4) is 0 Å². The molecule has 2 heterocycles.